The highest BCUT2D eigenvalue weighted by molar-refractivity contribution is 7.10. The predicted molar refractivity (Wildman–Crippen MR) is 108 cm³/mol. The summed E-state index contributed by atoms with van der Waals surface area (Å²) in [5.74, 6) is -0.358. The highest BCUT2D eigenvalue weighted by atomic mass is 32.1. The second-order valence-corrected chi connectivity index (χ2v) is 7.68. The van der Waals surface area contributed by atoms with Crippen LogP contribution in [-0.2, 0) is 0 Å². The largest absolute Gasteiger partial charge is 0.370 e. The van der Waals surface area contributed by atoms with Gasteiger partial charge in [-0.15, -0.1) is 11.3 Å². The van der Waals surface area contributed by atoms with E-state index in [0.29, 0.717) is 17.9 Å². The van der Waals surface area contributed by atoms with Gasteiger partial charge in [-0.25, -0.2) is 9.18 Å². The lowest BCUT2D eigenvalue weighted by Gasteiger charge is -2.25. The van der Waals surface area contributed by atoms with Crippen LogP contribution >= 0.6 is 11.3 Å². The van der Waals surface area contributed by atoms with Gasteiger partial charge in [0.05, 0.1) is 11.7 Å². The van der Waals surface area contributed by atoms with Crippen LogP contribution in [-0.4, -0.2) is 44.7 Å². The Morgan fingerprint density at radius 1 is 1.23 bits per heavy atom. The Morgan fingerprint density at radius 2 is 1.96 bits per heavy atom. The van der Waals surface area contributed by atoms with Gasteiger partial charge in [0.15, 0.2) is 0 Å². The molecule has 7 heteroatoms. The summed E-state index contributed by atoms with van der Waals surface area (Å²) < 4.78 is 14.3. The third-order valence-corrected chi connectivity index (χ3v) is 5.28. The smallest absolute Gasteiger partial charge is 0.319 e. The van der Waals surface area contributed by atoms with Crippen LogP contribution in [0.15, 0.2) is 35.7 Å². The number of hydrogen-bond donors (Lipinski definition) is 2. The first-order valence-corrected chi connectivity index (χ1v) is 9.44. The zero-order valence-corrected chi connectivity index (χ0v) is 16.7. The van der Waals surface area contributed by atoms with E-state index in [0.717, 1.165) is 0 Å². The number of likely N-dealkylation sites (N-methyl/N-ethyl adjacent to an activating group) is 1. The SMILES string of the molecule is CC(C)N(C)c1ccc(NC(=O)NCC(c2cccs2)N(C)C)cc1F. The van der Waals surface area contributed by atoms with Crippen LogP contribution in [0, 0.1) is 5.82 Å². The number of halogens is 1. The van der Waals surface area contributed by atoms with Crippen molar-refractivity contribution < 1.29 is 9.18 Å². The molecule has 2 aromatic rings. The van der Waals surface area contributed by atoms with E-state index in [-0.39, 0.29) is 23.9 Å². The fourth-order valence-electron chi connectivity index (χ4n) is 2.53. The number of nitrogens with zero attached hydrogens (tertiary/aromatic N) is 2. The monoisotopic (exact) mass is 378 g/mol. The minimum absolute atomic E-state index is 0.0968. The van der Waals surface area contributed by atoms with E-state index in [2.05, 4.69) is 15.5 Å². The van der Waals surface area contributed by atoms with E-state index >= 15 is 0 Å². The van der Waals surface area contributed by atoms with Gasteiger partial charge in [-0.2, -0.15) is 0 Å². The molecule has 0 aliphatic heterocycles. The van der Waals surface area contributed by atoms with Crippen molar-refractivity contribution in [1.82, 2.24) is 10.2 Å². The maximum atomic E-state index is 14.3. The summed E-state index contributed by atoms with van der Waals surface area (Å²) in [4.78, 5) is 17.3. The number of thiophene rings is 1. The van der Waals surface area contributed by atoms with Gasteiger partial charge in [0.25, 0.3) is 0 Å². The van der Waals surface area contributed by atoms with E-state index in [1.54, 1.807) is 23.5 Å². The molecule has 1 atom stereocenters. The molecule has 0 fully saturated rings. The Labute approximate surface area is 158 Å². The molecular weight excluding hydrogens is 351 g/mol. The highest BCUT2D eigenvalue weighted by Gasteiger charge is 2.17. The number of carbonyl (C=O) groups is 1. The lowest BCUT2D eigenvalue weighted by molar-refractivity contribution is 0.244. The third kappa shape index (κ3) is 5.19. The first kappa shape index (κ1) is 20.2. The van der Waals surface area contributed by atoms with Crippen molar-refractivity contribution in [3.63, 3.8) is 0 Å². The minimum atomic E-state index is -0.358. The summed E-state index contributed by atoms with van der Waals surface area (Å²) in [5.41, 5.74) is 0.940. The van der Waals surface area contributed by atoms with Crippen LogP contribution in [0.5, 0.6) is 0 Å². The lowest BCUT2D eigenvalue weighted by Crippen LogP contribution is -2.36. The molecule has 0 spiro atoms. The molecule has 2 rings (SSSR count). The summed E-state index contributed by atoms with van der Waals surface area (Å²) in [5, 5.41) is 7.57. The maximum Gasteiger partial charge on any atom is 0.319 e. The van der Waals surface area contributed by atoms with Crippen LogP contribution in [0.2, 0.25) is 0 Å². The quantitative estimate of drug-likeness (QED) is 0.761. The number of hydrogen-bond acceptors (Lipinski definition) is 4. The number of anilines is 2. The third-order valence-electron chi connectivity index (χ3n) is 4.31. The van der Waals surface area contributed by atoms with Crippen LogP contribution in [0.25, 0.3) is 0 Å². The molecule has 1 aromatic carbocycles. The number of carbonyl (C=O) groups excluding carboxylic acids is 1. The number of rotatable bonds is 7. The van der Waals surface area contributed by atoms with Crippen molar-refractivity contribution in [3.05, 3.63) is 46.4 Å². The van der Waals surface area contributed by atoms with Gasteiger partial charge >= 0.3 is 6.03 Å². The van der Waals surface area contributed by atoms with Gasteiger partial charge in [0.1, 0.15) is 5.82 Å². The van der Waals surface area contributed by atoms with E-state index in [9.17, 15) is 9.18 Å². The van der Waals surface area contributed by atoms with Crippen molar-refractivity contribution in [2.75, 3.05) is 37.9 Å². The van der Waals surface area contributed by atoms with Gasteiger partial charge in [-0.05, 0) is 57.6 Å². The summed E-state index contributed by atoms with van der Waals surface area (Å²) in [6.07, 6.45) is 0. The Bertz CT molecular complexity index is 718. The first-order chi connectivity index (χ1) is 12.3. The molecule has 142 valence electrons. The van der Waals surface area contributed by atoms with Crippen molar-refractivity contribution in [1.29, 1.82) is 0 Å². The average molecular weight is 379 g/mol. The van der Waals surface area contributed by atoms with E-state index in [1.807, 2.05) is 57.4 Å². The fourth-order valence-corrected chi connectivity index (χ4v) is 3.45. The highest BCUT2D eigenvalue weighted by Crippen LogP contribution is 2.24. The van der Waals surface area contributed by atoms with Crippen LogP contribution in [0.1, 0.15) is 24.8 Å². The number of amides is 2. The number of urea groups is 1. The standard InChI is InChI=1S/C19H27FN4OS/c1-13(2)24(5)16-9-8-14(11-15(16)20)22-19(25)21-12-17(23(3)4)18-7-6-10-26-18/h6-11,13,17H,12H2,1-5H3,(H2,21,22,25). The molecule has 1 aromatic heterocycles. The van der Waals surface area contributed by atoms with E-state index in [1.165, 1.54) is 10.9 Å². The van der Waals surface area contributed by atoms with Crippen molar-refractivity contribution in [2.24, 2.45) is 0 Å². The van der Waals surface area contributed by atoms with Gasteiger partial charge in [-0.1, -0.05) is 6.07 Å². The van der Waals surface area contributed by atoms with Crippen molar-refractivity contribution in [2.45, 2.75) is 25.9 Å². The summed E-state index contributed by atoms with van der Waals surface area (Å²) in [6, 6.07) is 8.71. The second-order valence-electron chi connectivity index (χ2n) is 6.70. The van der Waals surface area contributed by atoms with Crippen LogP contribution in [0.3, 0.4) is 0 Å². The maximum absolute atomic E-state index is 14.3. The molecule has 26 heavy (non-hydrogen) atoms. The normalized spacial score (nSPS) is 12.3. The van der Waals surface area contributed by atoms with Crippen molar-refractivity contribution >= 4 is 28.7 Å². The topological polar surface area (TPSA) is 47.6 Å². The van der Waals surface area contributed by atoms with E-state index < -0.39 is 0 Å². The zero-order chi connectivity index (χ0) is 19.3. The molecule has 0 saturated carbocycles. The summed E-state index contributed by atoms with van der Waals surface area (Å²) in [6.45, 7) is 4.46. The molecule has 0 bridgehead atoms. The van der Waals surface area contributed by atoms with Gasteiger partial charge in [-0.3, -0.25) is 0 Å². The summed E-state index contributed by atoms with van der Waals surface area (Å²) >= 11 is 1.66. The average Bonchev–Trinajstić information content (AvgIpc) is 3.08. The second kappa shape index (κ2) is 9.00. The molecule has 2 N–H and O–H groups in total. The lowest BCUT2D eigenvalue weighted by atomic mass is 10.2. The number of benzene rings is 1. The predicted octanol–water partition coefficient (Wildman–Crippen LogP) is 4.16. The first-order valence-electron chi connectivity index (χ1n) is 8.56. The number of nitrogens with one attached hydrogen (secondary N) is 2. The van der Waals surface area contributed by atoms with Crippen molar-refractivity contribution in [3.8, 4) is 0 Å². The molecule has 1 heterocycles. The Morgan fingerprint density at radius 3 is 2.50 bits per heavy atom. The Kier molecular flexibility index (Phi) is 6.99. The van der Waals surface area contributed by atoms with Gasteiger partial charge < -0.3 is 20.4 Å². The molecule has 1 unspecified atom stereocenters. The summed E-state index contributed by atoms with van der Waals surface area (Å²) in [7, 11) is 5.79. The minimum Gasteiger partial charge on any atom is -0.370 e. The molecule has 0 aliphatic carbocycles. The Hall–Kier alpha value is -2.12. The molecule has 0 radical (unpaired) electrons. The molecule has 2 amide bonds. The van der Waals surface area contributed by atoms with E-state index in [4.69, 9.17) is 0 Å². The molecular formula is C19H27FN4OS. The zero-order valence-electron chi connectivity index (χ0n) is 15.9. The molecule has 5 nitrogen and oxygen atoms in total. The Balaban J connectivity index is 1.96. The van der Waals surface area contributed by atoms with Gasteiger partial charge in [0.2, 0.25) is 0 Å². The van der Waals surface area contributed by atoms with Crippen LogP contribution < -0.4 is 15.5 Å². The van der Waals surface area contributed by atoms with Gasteiger partial charge in [0, 0.05) is 30.2 Å². The molecule has 0 saturated heterocycles. The molecule has 0 aliphatic rings. The van der Waals surface area contributed by atoms with Crippen LogP contribution in [0.4, 0.5) is 20.6 Å². The fraction of sp³-hybridized carbons (Fsp3) is 0.421.